The van der Waals surface area contributed by atoms with Crippen LogP contribution >= 0.6 is 0 Å². The number of carboxylic acid groups (broad SMARTS) is 1. The van der Waals surface area contributed by atoms with E-state index in [0.717, 1.165) is 5.56 Å². The molecule has 0 saturated carbocycles. The van der Waals surface area contributed by atoms with E-state index in [9.17, 15) is 14.7 Å². The van der Waals surface area contributed by atoms with Crippen molar-refractivity contribution in [3.05, 3.63) is 65.0 Å². The topological polar surface area (TPSA) is 94.0 Å². The van der Waals surface area contributed by atoms with Gasteiger partial charge in [0.05, 0.1) is 24.7 Å². The molecule has 25 heavy (non-hydrogen) atoms. The van der Waals surface area contributed by atoms with Crippen LogP contribution in [0.1, 0.15) is 27.2 Å². The fourth-order valence-electron chi connectivity index (χ4n) is 2.89. The summed E-state index contributed by atoms with van der Waals surface area (Å²) in [5, 5.41) is 9.18. The smallest absolute Gasteiger partial charge is 0.307 e. The van der Waals surface area contributed by atoms with Crippen molar-refractivity contribution in [2.45, 2.75) is 13.3 Å². The highest BCUT2D eigenvalue weighted by molar-refractivity contribution is 6.13. The Balaban J connectivity index is 2.19. The van der Waals surface area contributed by atoms with Gasteiger partial charge in [-0.15, -0.1) is 0 Å². The van der Waals surface area contributed by atoms with Crippen LogP contribution in [0.25, 0.3) is 5.52 Å². The van der Waals surface area contributed by atoms with Gasteiger partial charge >= 0.3 is 5.97 Å². The molecule has 0 aliphatic heterocycles. The fourth-order valence-corrected chi connectivity index (χ4v) is 2.89. The third-order valence-corrected chi connectivity index (χ3v) is 4.14. The summed E-state index contributed by atoms with van der Waals surface area (Å²) in [5.74, 6) is -0.619. The van der Waals surface area contributed by atoms with Crippen molar-refractivity contribution in [2.24, 2.45) is 0 Å². The maximum atomic E-state index is 13.0. The summed E-state index contributed by atoms with van der Waals surface area (Å²) in [4.78, 5) is 24.2. The van der Waals surface area contributed by atoms with E-state index in [1.54, 1.807) is 42.0 Å². The first-order chi connectivity index (χ1) is 11.9. The standard InChI is InChI=1S/C19H18N2O4/c1-11-7-8-21-15(9-11)14(10-16(22)23)17(20)18(21)19(24)12-3-5-13(25-2)6-4-12/h3-9H,10,20H2,1-2H3,(H,22,23). The van der Waals surface area contributed by atoms with Crippen molar-refractivity contribution >= 4 is 23.0 Å². The molecule has 0 aliphatic carbocycles. The lowest BCUT2D eigenvalue weighted by molar-refractivity contribution is -0.136. The summed E-state index contributed by atoms with van der Waals surface area (Å²) < 4.78 is 6.76. The number of hydrogen-bond acceptors (Lipinski definition) is 4. The number of benzene rings is 1. The van der Waals surface area contributed by atoms with E-state index >= 15 is 0 Å². The Labute approximate surface area is 144 Å². The number of nitrogen functional groups attached to an aromatic ring is 1. The van der Waals surface area contributed by atoms with Crippen molar-refractivity contribution in [2.75, 3.05) is 12.8 Å². The fraction of sp³-hybridized carbons (Fsp3) is 0.158. The van der Waals surface area contributed by atoms with E-state index in [-0.39, 0.29) is 23.6 Å². The van der Waals surface area contributed by atoms with Crippen molar-refractivity contribution in [3.8, 4) is 5.75 Å². The predicted octanol–water partition coefficient (Wildman–Crippen LogP) is 2.70. The summed E-state index contributed by atoms with van der Waals surface area (Å²) in [5.41, 5.74) is 9.16. The van der Waals surface area contributed by atoms with E-state index in [0.29, 0.717) is 22.4 Å². The molecule has 0 radical (unpaired) electrons. The maximum absolute atomic E-state index is 13.0. The predicted molar refractivity (Wildman–Crippen MR) is 94.3 cm³/mol. The van der Waals surface area contributed by atoms with Crippen LogP contribution in [0.5, 0.6) is 5.75 Å². The SMILES string of the molecule is COc1ccc(C(=O)c2c(N)c(CC(=O)O)c3cc(C)ccn23)cc1. The third kappa shape index (κ3) is 2.94. The first-order valence-corrected chi connectivity index (χ1v) is 7.72. The minimum atomic E-state index is -0.996. The minimum Gasteiger partial charge on any atom is -0.497 e. The number of carbonyl (C=O) groups excluding carboxylic acids is 1. The quantitative estimate of drug-likeness (QED) is 0.698. The Hall–Kier alpha value is -3.28. The molecule has 2 heterocycles. The van der Waals surface area contributed by atoms with E-state index in [2.05, 4.69) is 0 Å². The number of ether oxygens (including phenoxy) is 1. The maximum Gasteiger partial charge on any atom is 0.307 e. The second-order valence-electron chi connectivity index (χ2n) is 5.83. The molecule has 3 rings (SSSR count). The van der Waals surface area contributed by atoms with Gasteiger partial charge in [0.25, 0.3) is 0 Å². The monoisotopic (exact) mass is 338 g/mol. The number of nitrogens with two attached hydrogens (primary N) is 1. The van der Waals surface area contributed by atoms with Crippen LogP contribution in [-0.2, 0) is 11.2 Å². The molecule has 6 nitrogen and oxygen atoms in total. The summed E-state index contributed by atoms with van der Waals surface area (Å²) in [6.07, 6.45) is 1.50. The Kier molecular flexibility index (Phi) is 4.19. The van der Waals surface area contributed by atoms with Crippen LogP contribution in [0, 0.1) is 6.92 Å². The van der Waals surface area contributed by atoms with Crippen molar-refractivity contribution in [3.63, 3.8) is 0 Å². The number of carbonyl (C=O) groups is 2. The summed E-state index contributed by atoms with van der Waals surface area (Å²) >= 11 is 0. The lowest BCUT2D eigenvalue weighted by Gasteiger charge is -2.05. The molecule has 1 aromatic carbocycles. The van der Waals surface area contributed by atoms with Gasteiger partial charge in [-0.05, 0) is 48.9 Å². The average Bonchev–Trinajstić information content (AvgIpc) is 2.85. The van der Waals surface area contributed by atoms with Gasteiger partial charge in [0.15, 0.2) is 0 Å². The molecule has 0 aliphatic rings. The van der Waals surface area contributed by atoms with Crippen LogP contribution in [-0.4, -0.2) is 28.4 Å². The van der Waals surface area contributed by atoms with Crippen LogP contribution in [0.15, 0.2) is 42.6 Å². The number of aryl methyl sites for hydroxylation is 1. The first-order valence-electron chi connectivity index (χ1n) is 7.72. The molecular formula is C19H18N2O4. The van der Waals surface area contributed by atoms with E-state index in [4.69, 9.17) is 10.5 Å². The number of aliphatic carboxylic acids is 1. The van der Waals surface area contributed by atoms with Gasteiger partial charge in [-0.25, -0.2) is 0 Å². The zero-order valence-corrected chi connectivity index (χ0v) is 13.9. The molecule has 2 aromatic heterocycles. The number of anilines is 1. The second kappa shape index (κ2) is 6.32. The number of rotatable bonds is 5. The largest absolute Gasteiger partial charge is 0.497 e. The lowest BCUT2D eigenvalue weighted by Crippen LogP contribution is -2.08. The third-order valence-electron chi connectivity index (χ3n) is 4.14. The highest BCUT2D eigenvalue weighted by atomic mass is 16.5. The van der Waals surface area contributed by atoms with Crippen molar-refractivity contribution < 1.29 is 19.4 Å². The Morgan fingerprint density at radius 3 is 2.48 bits per heavy atom. The van der Waals surface area contributed by atoms with Crippen LogP contribution in [0.4, 0.5) is 5.69 Å². The molecule has 128 valence electrons. The molecule has 0 atom stereocenters. The van der Waals surface area contributed by atoms with Gasteiger partial charge in [0.1, 0.15) is 11.4 Å². The zero-order valence-electron chi connectivity index (χ0n) is 13.9. The van der Waals surface area contributed by atoms with E-state index in [1.165, 1.54) is 0 Å². The second-order valence-corrected chi connectivity index (χ2v) is 5.83. The average molecular weight is 338 g/mol. The van der Waals surface area contributed by atoms with Crippen LogP contribution in [0.2, 0.25) is 0 Å². The first kappa shape index (κ1) is 16.6. The van der Waals surface area contributed by atoms with Crippen LogP contribution in [0.3, 0.4) is 0 Å². The highest BCUT2D eigenvalue weighted by Crippen LogP contribution is 2.30. The molecule has 6 heteroatoms. The molecule has 0 amide bonds. The van der Waals surface area contributed by atoms with Gasteiger partial charge in [0.2, 0.25) is 5.78 Å². The number of methoxy groups -OCH3 is 1. The summed E-state index contributed by atoms with van der Waals surface area (Å²) in [6, 6.07) is 10.4. The van der Waals surface area contributed by atoms with Gasteiger partial charge in [0, 0.05) is 17.3 Å². The van der Waals surface area contributed by atoms with Crippen molar-refractivity contribution in [1.82, 2.24) is 4.40 Å². The Morgan fingerprint density at radius 2 is 1.88 bits per heavy atom. The summed E-state index contributed by atoms with van der Waals surface area (Å²) in [7, 11) is 1.55. The van der Waals surface area contributed by atoms with E-state index in [1.807, 2.05) is 19.1 Å². The van der Waals surface area contributed by atoms with Gasteiger partial charge in [-0.1, -0.05) is 0 Å². The van der Waals surface area contributed by atoms with Crippen molar-refractivity contribution in [1.29, 1.82) is 0 Å². The van der Waals surface area contributed by atoms with Gasteiger partial charge < -0.3 is 20.0 Å². The number of aromatic nitrogens is 1. The molecule has 0 unspecified atom stereocenters. The number of pyridine rings is 1. The number of hydrogen-bond donors (Lipinski definition) is 2. The number of ketones is 1. The number of fused-ring (bicyclic) bond motifs is 1. The normalized spacial score (nSPS) is 10.8. The van der Waals surface area contributed by atoms with E-state index < -0.39 is 5.97 Å². The molecular weight excluding hydrogens is 320 g/mol. The summed E-state index contributed by atoms with van der Waals surface area (Å²) in [6.45, 7) is 1.90. The minimum absolute atomic E-state index is 0.203. The number of carboxylic acids is 1. The zero-order chi connectivity index (χ0) is 18.1. The van der Waals surface area contributed by atoms with Gasteiger partial charge in [-0.2, -0.15) is 0 Å². The highest BCUT2D eigenvalue weighted by Gasteiger charge is 2.23. The molecule has 0 saturated heterocycles. The van der Waals surface area contributed by atoms with Gasteiger partial charge in [-0.3, -0.25) is 9.59 Å². The van der Waals surface area contributed by atoms with Crippen LogP contribution < -0.4 is 10.5 Å². The molecule has 3 aromatic rings. The Morgan fingerprint density at radius 1 is 1.20 bits per heavy atom. The molecule has 3 N–H and O–H groups in total. The Bertz CT molecular complexity index is 971. The lowest BCUT2D eigenvalue weighted by atomic mass is 10.1. The molecule has 0 fully saturated rings. The molecule has 0 spiro atoms. The molecule has 0 bridgehead atoms. The number of nitrogens with zero attached hydrogens (tertiary/aromatic N) is 1.